The summed E-state index contributed by atoms with van der Waals surface area (Å²) in [7, 11) is 0. The number of halogens is 3. The minimum Gasteiger partial charge on any atom is -0.434 e. The van der Waals surface area contributed by atoms with Crippen molar-refractivity contribution in [2.45, 2.75) is 25.1 Å². The minimum atomic E-state index is -2.90. The molecule has 134 valence electrons. The summed E-state index contributed by atoms with van der Waals surface area (Å²) in [5.74, 6) is 0.582. The van der Waals surface area contributed by atoms with Crippen LogP contribution in [-0.4, -0.2) is 26.8 Å². The summed E-state index contributed by atoms with van der Waals surface area (Å²) in [4.78, 5) is 0. The van der Waals surface area contributed by atoms with E-state index in [2.05, 4.69) is 20.8 Å². The van der Waals surface area contributed by atoms with Gasteiger partial charge in [0.25, 0.3) is 0 Å². The molecule has 0 amide bonds. The number of benzene rings is 2. The molecule has 2 aromatic carbocycles. The quantitative estimate of drug-likeness (QED) is 0.742. The van der Waals surface area contributed by atoms with E-state index in [9.17, 15) is 8.78 Å². The lowest BCUT2D eigenvalue weighted by Gasteiger charge is -2.31. The van der Waals surface area contributed by atoms with Gasteiger partial charge in [-0.1, -0.05) is 47.0 Å². The highest BCUT2D eigenvalue weighted by Crippen LogP contribution is 2.40. The zero-order chi connectivity index (χ0) is 18.1. The maximum Gasteiger partial charge on any atom is 0.387 e. The highest BCUT2D eigenvalue weighted by Gasteiger charge is 2.32. The van der Waals surface area contributed by atoms with Crippen LogP contribution in [0.4, 0.5) is 14.7 Å². The van der Waals surface area contributed by atoms with Gasteiger partial charge in [-0.15, -0.1) is 0 Å². The molecular formula is C17H14ClF2N5O. The third-order valence-corrected chi connectivity index (χ3v) is 4.57. The van der Waals surface area contributed by atoms with Crippen molar-refractivity contribution >= 4 is 17.5 Å². The number of tetrazole rings is 1. The lowest BCUT2D eigenvalue weighted by atomic mass is 9.93. The number of aromatic nitrogens is 4. The molecule has 26 heavy (non-hydrogen) atoms. The molecule has 0 radical (unpaired) electrons. The summed E-state index contributed by atoms with van der Waals surface area (Å²) in [5.41, 5.74) is 1.60. The minimum absolute atomic E-state index is 0.102. The standard InChI is InChI=1S/C17H14ClF2N5O/c18-11-7-5-10(6-8-11)13-9-14(25-17(21-13)22-23-24-25)12-3-1-2-4-15(12)26-16(19)20/h1-8,13-14,16H,9H2,(H,21,22,24)/t13-,14-/m1/s1. The molecule has 1 aliphatic rings. The summed E-state index contributed by atoms with van der Waals surface area (Å²) in [6.07, 6.45) is 0.559. The average molecular weight is 378 g/mol. The molecule has 0 saturated heterocycles. The molecule has 1 aromatic heterocycles. The zero-order valence-corrected chi connectivity index (χ0v) is 14.1. The Labute approximate surface area is 152 Å². The monoisotopic (exact) mass is 377 g/mol. The van der Waals surface area contributed by atoms with Gasteiger partial charge in [0, 0.05) is 10.6 Å². The Morgan fingerprint density at radius 3 is 2.69 bits per heavy atom. The second-order valence-electron chi connectivity index (χ2n) is 5.86. The first kappa shape index (κ1) is 16.7. The van der Waals surface area contributed by atoms with Gasteiger partial charge in [-0.2, -0.15) is 8.78 Å². The first-order valence-electron chi connectivity index (χ1n) is 7.95. The fraction of sp³-hybridized carbons (Fsp3) is 0.235. The van der Waals surface area contributed by atoms with Crippen LogP contribution in [0.5, 0.6) is 5.75 Å². The van der Waals surface area contributed by atoms with Crippen molar-refractivity contribution in [1.29, 1.82) is 0 Å². The van der Waals surface area contributed by atoms with Gasteiger partial charge in [-0.05, 0) is 40.6 Å². The molecule has 0 fully saturated rings. The second kappa shape index (κ2) is 6.87. The Kier molecular flexibility index (Phi) is 4.42. The average Bonchev–Trinajstić information content (AvgIpc) is 3.10. The number of hydrogen-bond acceptors (Lipinski definition) is 5. The van der Waals surface area contributed by atoms with Crippen LogP contribution in [-0.2, 0) is 0 Å². The summed E-state index contributed by atoms with van der Waals surface area (Å²) in [5, 5.41) is 15.6. The van der Waals surface area contributed by atoms with Crippen LogP contribution in [0.3, 0.4) is 0 Å². The van der Waals surface area contributed by atoms with Crippen LogP contribution < -0.4 is 10.1 Å². The topological polar surface area (TPSA) is 64.9 Å². The van der Waals surface area contributed by atoms with Crippen molar-refractivity contribution in [3.05, 3.63) is 64.7 Å². The van der Waals surface area contributed by atoms with E-state index in [0.717, 1.165) is 5.56 Å². The summed E-state index contributed by atoms with van der Waals surface area (Å²) in [6.45, 7) is -2.90. The Hall–Kier alpha value is -2.74. The van der Waals surface area contributed by atoms with E-state index in [1.165, 1.54) is 6.07 Å². The summed E-state index contributed by atoms with van der Waals surface area (Å²) >= 11 is 5.96. The van der Waals surface area contributed by atoms with Crippen LogP contribution in [0.25, 0.3) is 0 Å². The van der Waals surface area contributed by atoms with E-state index in [4.69, 9.17) is 16.3 Å². The second-order valence-corrected chi connectivity index (χ2v) is 6.30. The number of ether oxygens (including phenoxy) is 1. The van der Waals surface area contributed by atoms with Crippen molar-refractivity contribution in [3.8, 4) is 5.75 Å². The number of alkyl halides is 2. The molecule has 0 aliphatic carbocycles. The molecule has 1 N–H and O–H groups in total. The third-order valence-electron chi connectivity index (χ3n) is 4.32. The normalized spacial score (nSPS) is 19.1. The van der Waals surface area contributed by atoms with Crippen LogP contribution in [0.1, 0.15) is 29.6 Å². The smallest absolute Gasteiger partial charge is 0.387 e. The molecule has 9 heteroatoms. The molecule has 0 unspecified atom stereocenters. The van der Waals surface area contributed by atoms with Crippen LogP contribution in [0, 0.1) is 0 Å². The van der Waals surface area contributed by atoms with Crippen molar-refractivity contribution < 1.29 is 13.5 Å². The SMILES string of the molecule is FC(F)Oc1ccccc1[C@H]1C[C@H](c2ccc(Cl)cc2)Nc2nnnn21. The number of nitrogens with zero attached hydrogens (tertiary/aromatic N) is 4. The van der Waals surface area contributed by atoms with Crippen molar-refractivity contribution in [2.75, 3.05) is 5.32 Å². The lowest BCUT2D eigenvalue weighted by molar-refractivity contribution is -0.0507. The number of hydrogen-bond donors (Lipinski definition) is 1. The van der Waals surface area contributed by atoms with E-state index in [0.29, 0.717) is 23.0 Å². The predicted molar refractivity (Wildman–Crippen MR) is 91.5 cm³/mol. The maximum atomic E-state index is 12.8. The van der Waals surface area contributed by atoms with E-state index < -0.39 is 6.61 Å². The van der Waals surface area contributed by atoms with Gasteiger partial charge in [0.15, 0.2) is 0 Å². The van der Waals surface area contributed by atoms with E-state index in [1.54, 1.807) is 35.0 Å². The fourth-order valence-corrected chi connectivity index (χ4v) is 3.29. The van der Waals surface area contributed by atoms with Gasteiger partial charge in [0.2, 0.25) is 5.95 Å². The molecule has 0 saturated carbocycles. The van der Waals surface area contributed by atoms with Gasteiger partial charge in [0.05, 0.1) is 12.1 Å². The highest BCUT2D eigenvalue weighted by molar-refractivity contribution is 6.30. The summed E-state index contributed by atoms with van der Waals surface area (Å²) in [6, 6.07) is 13.7. The van der Waals surface area contributed by atoms with Gasteiger partial charge in [-0.3, -0.25) is 0 Å². The Bertz CT molecular complexity index is 902. The molecule has 0 spiro atoms. The summed E-state index contributed by atoms with van der Waals surface area (Å²) < 4.78 is 31.9. The van der Waals surface area contributed by atoms with Crippen LogP contribution in [0.2, 0.25) is 5.02 Å². The Morgan fingerprint density at radius 1 is 1.15 bits per heavy atom. The number of nitrogens with one attached hydrogen (secondary N) is 1. The van der Waals surface area contributed by atoms with E-state index in [-0.39, 0.29) is 17.8 Å². The third kappa shape index (κ3) is 3.20. The molecule has 4 rings (SSSR count). The Morgan fingerprint density at radius 2 is 1.92 bits per heavy atom. The van der Waals surface area contributed by atoms with E-state index >= 15 is 0 Å². The van der Waals surface area contributed by atoms with Gasteiger partial charge >= 0.3 is 6.61 Å². The van der Waals surface area contributed by atoms with Crippen molar-refractivity contribution in [2.24, 2.45) is 0 Å². The fourth-order valence-electron chi connectivity index (χ4n) is 3.17. The molecular weight excluding hydrogens is 364 g/mol. The van der Waals surface area contributed by atoms with Gasteiger partial charge < -0.3 is 10.1 Å². The van der Waals surface area contributed by atoms with Crippen molar-refractivity contribution in [3.63, 3.8) is 0 Å². The Balaban J connectivity index is 1.73. The van der Waals surface area contributed by atoms with Gasteiger partial charge in [0.1, 0.15) is 5.75 Å². The largest absolute Gasteiger partial charge is 0.434 e. The number of anilines is 1. The van der Waals surface area contributed by atoms with Crippen molar-refractivity contribution in [1.82, 2.24) is 20.2 Å². The first-order chi connectivity index (χ1) is 12.6. The number of fused-ring (bicyclic) bond motifs is 1. The molecule has 3 aromatic rings. The zero-order valence-electron chi connectivity index (χ0n) is 13.4. The van der Waals surface area contributed by atoms with Gasteiger partial charge in [-0.25, -0.2) is 4.68 Å². The van der Waals surface area contributed by atoms with Crippen LogP contribution in [0.15, 0.2) is 48.5 Å². The molecule has 2 atom stereocenters. The predicted octanol–water partition coefficient (Wildman–Crippen LogP) is 4.07. The van der Waals surface area contributed by atoms with E-state index in [1.807, 2.05) is 12.1 Å². The number of para-hydroxylation sites is 1. The highest BCUT2D eigenvalue weighted by atomic mass is 35.5. The molecule has 0 bridgehead atoms. The lowest BCUT2D eigenvalue weighted by Crippen LogP contribution is -2.28. The molecule has 2 heterocycles. The molecule has 6 nitrogen and oxygen atoms in total. The first-order valence-corrected chi connectivity index (χ1v) is 8.33. The number of rotatable bonds is 4. The van der Waals surface area contributed by atoms with Crippen LogP contribution >= 0.6 is 11.6 Å². The maximum absolute atomic E-state index is 12.8. The molecule has 1 aliphatic heterocycles.